The first-order valence-electron chi connectivity index (χ1n) is 5.85. The summed E-state index contributed by atoms with van der Waals surface area (Å²) >= 11 is 0. The van der Waals surface area contributed by atoms with Gasteiger partial charge in [-0.15, -0.1) is 0 Å². The number of likely N-dealkylation sites (tertiary alicyclic amines) is 1. The average Bonchev–Trinajstić information content (AvgIpc) is 3.02. The van der Waals surface area contributed by atoms with Gasteiger partial charge in [0.05, 0.1) is 18.7 Å². The van der Waals surface area contributed by atoms with E-state index in [0.717, 1.165) is 25.8 Å². The minimum absolute atomic E-state index is 0.0285. The summed E-state index contributed by atoms with van der Waals surface area (Å²) < 4.78 is 0. The summed E-state index contributed by atoms with van der Waals surface area (Å²) in [5.74, 6) is 0. The number of aliphatic hydroxyl groups excluding tert-OH is 1. The van der Waals surface area contributed by atoms with Gasteiger partial charge in [0.25, 0.3) is 0 Å². The quantitative estimate of drug-likeness (QED) is 0.660. The molecule has 3 atom stereocenters. The highest BCUT2D eigenvalue weighted by molar-refractivity contribution is 5.75. The van der Waals surface area contributed by atoms with Crippen LogP contribution in [-0.4, -0.2) is 52.4 Å². The summed E-state index contributed by atoms with van der Waals surface area (Å²) in [4.78, 5) is 19.4. The largest absolute Gasteiger partial charge is 0.394 e. The van der Waals surface area contributed by atoms with Gasteiger partial charge in [-0.25, -0.2) is 4.79 Å². The van der Waals surface area contributed by atoms with Gasteiger partial charge >= 0.3 is 6.03 Å². The Kier molecular flexibility index (Phi) is 2.37. The van der Waals surface area contributed by atoms with Crippen LogP contribution in [0.5, 0.6) is 0 Å². The summed E-state index contributed by atoms with van der Waals surface area (Å²) in [7, 11) is 0. The fourth-order valence-corrected chi connectivity index (χ4v) is 2.71. The third-order valence-corrected chi connectivity index (χ3v) is 3.59. The van der Waals surface area contributed by atoms with Gasteiger partial charge in [0.2, 0.25) is 0 Å². The number of carbonyl (C=O) groups is 1. The molecule has 0 saturated carbocycles. The van der Waals surface area contributed by atoms with Crippen LogP contribution in [0.2, 0.25) is 0 Å². The fraction of sp³-hybridized carbons (Fsp3) is 0.727. The summed E-state index contributed by atoms with van der Waals surface area (Å²) in [6, 6.07) is -0.0231. The molecule has 2 saturated heterocycles. The topological polar surface area (TPSA) is 53.0 Å². The molecule has 0 aromatic carbocycles. The van der Waals surface area contributed by atoms with E-state index < -0.39 is 0 Å². The third kappa shape index (κ3) is 1.43. The minimum Gasteiger partial charge on any atom is -0.394 e. The SMILES string of the molecule is O=C(N1CCC[C@H]1CO)N1O[C@H]2C=C[C@@H]1C2. The molecule has 0 aromatic rings. The number of hydroxylamine groups is 2. The van der Waals surface area contributed by atoms with Crippen molar-refractivity contribution in [2.45, 2.75) is 37.5 Å². The lowest BCUT2D eigenvalue weighted by Crippen LogP contribution is -2.48. The molecule has 1 N–H and O–H groups in total. The molecule has 1 aliphatic carbocycles. The summed E-state index contributed by atoms with van der Waals surface area (Å²) in [6.45, 7) is 0.772. The van der Waals surface area contributed by atoms with Crippen LogP contribution in [-0.2, 0) is 4.84 Å². The number of aliphatic hydroxyl groups is 1. The van der Waals surface area contributed by atoms with Crippen molar-refractivity contribution in [3.8, 4) is 0 Å². The van der Waals surface area contributed by atoms with Crippen molar-refractivity contribution in [1.29, 1.82) is 0 Å². The van der Waals surface area contributed by atoms with Crippen molar-refractivity contribution in [1.82, 2.24) is 9.96 Å². The van der Waals surface area contributed by atoms with E-state index in [1.807, 2.05) is 12.2 Å². The van der Waals surface area contributed by atoms with E-state index >= 15 is 0 Å². The standard InChI is InChI=1S/C11H16N2O3/c14-7-9-2-1-5-12(9)11(15)13-8-3-4-10(6-8)16-13/h3-4,8-10,14H,1-2,5-7H2/t8-,9+,10+/m1/s1. The second-order valence-electron chi connectivity index (χ2n) is 4.61. The predicted octanol–water partition coefficient (Wildman–Crippen LogP) is 0.507. The molecular weight excluding hydrogens is 208 g/mol. The van der Waals surface area contributed by atoms with Crippen molar-refractivity contribution < 1.29 is 14.7 Å². The Morgan fingerprint density at radius 2 is 2.38 bits per heavy atom. The number of rotatable bonds is 1. The number of amides is 2. The van der Waals surface area contributed by atoms with Gasteiger partial charge in [-0.3, -0.25) is 4.84 Å². The van der Waals surface area contributed by atoms with E-state index in [1.54, 1.807) is 4.90 Å². The third-order valence-electron chi connectivity index (χ3n) is 3.59. The van der Waals surface area contributed by atoms with E-state index in [1.165, 1.54) is 5.06 Å². The second kappa shape index (κ2) is 3.75. The van der Waals surface area contributed by atoms with Gasteiger partial charge in [-0.2, -0.15) is 5.06 Å². The van der Waals surface area contributed by atoms with Crippen molar-refractivity contribution in [3.63, 3.8) is 0 Å². The van der Waals surface area contributed by atoms with Crippen molar-refractivity contribution >= 4 is 6.03 Å². The highest BCUT2D eigenvalue weighted by Gasteiger charge is 2.42. The van der Waals surface area contributed by atoms with Crippen LogP contribution < -0.4 is 0 Å². The Hall–Kier alpha value is -1.07. The van der Waals surface area contributed by atoms with Gasteiger partial charge < -0.3 is 10.0 Å². The molecule has 3 rings (SSSR count). The first-order chi connectivity index (χ1) is 7.79. The molecule has 0 unspecified atom stereocenters. The average molecular weight is 224 g/mol. The van der Waals surface area contributed by atoms with Crippen LogP contribution in [0.4, 0.5) is 4.79 Å². The maximum Gasteiger partial charge on any atom is 0.344 e. The molecule has 0 radical (unpaired) electrons. The van der Waals surface area contributed by atoms with Crippen LogP contribution in [0, 0.1) is 0 Å². The molecule has 0 aromatic heterocycles. The fourth-order valence-electron chi connectivity index (χ4n) is 2.71. The maximum absolute atomic E-state index is 12.2. The smallest absolute Gasteiger partial charge is 0.344 e. The first-order valence-corrected chi connectivity index (χ1v) is 5.85. The van der Waals surface area contributed by atoms with Gasteiger partial charge in [0.1, 0.15) is 6.10 Å². The van der Waals surface area contributed by atoms with E-state index in [0.29, 0.717) is 0 Å². The monoisotopic (exact) mass is 224 g/mol. The molecule has 2 bridgehead atoms. The number of hydrogen-bond donors (Lipinski definition) is 1. The van der Waals surface area contributed by atoms with Crippen LogP contribution in [0.25, 0.3) is 0 Å². The Morgan fingerprint density at radius 3 is 3.00 bits per heavy atom. The number of hydrogen-bond acceptors (Lipinski definition) is 3. The molecule has 2 amide bonds. The van der Waals surface area contributed by atoms with Crippen molar-refractivity contribution in [2.75, 3.05) is 13.2 Å². The molecule has 2 fully saturated rings. The van der Waals surface area contributed by atoms with Gasteiger partial charge in [-0.1, -0.05) is 12.2 Å². The molecule has 5 heteroatoms. The molecule has 0 spiro atoms. The summed E-state index contributed by atoms with van der Waals surface area (Å²) in [5.41, 5.74) is 0. The molecule has 2 heterocycles. The molecule has 3 aliphatic rings. The molecule has 5 nitrogen and oxygen atoms in total. The number of fused-ring (bicyclic) bond motifs is 2. The Bertz CT molecular complexity index is 331. The number of nitrogens with zero attached hydrogens (tertiary/aromatic N) is 2. The summed E-state index contributed by atoms with van der Waals surface area (Å²) in [5, 5.41) is 10.7. The van der Waals surface area contributed by atoms with Crippen LogP contribution in [0.3, 0.4) is 0 Å². The van der Waals surface area contributed by atoms with E-state index in [2.05, 4.69) is 0 Å². The lowest BCUT2D eigenvalue weighted by Gasteiger charge is -2.30. The van der Waals surface area contributed by atoms with Crippen molar-refractivity contribution in [3.05, 3.63) is 12.2 Å². The Morgan fingerprint density at radius 1 is 1.50 bits per heavy atom. The molecule has 2 aliphatic heterocycles. The zero-order valence-corrected chi connectivity index (χ0v) is 9.08. The number of carbonyl (C=O) groups excluding carboxylic acids is 1. The van der Waals surface area contributed by atoms with E-state index in [4.69, 9.17) is 4.84 Å². The van der Waals surface area contributed by atoms with Gasteiger partial charge in [0, 0.05) is 13.0 Å². The normalized spacial score (nSPS) is 36.4. The predicted molar refractivity (Wildman–Crippen MR) is 56.5 cm³/mol. The zero-order valence-electron chi connectivity index (χ0n) is 9.08. The highest BCUT2D eigenvalue weighted by atomic mass is 16.7. The Labute approximate surface area is 94.2 Å². The second-order valence-corrected chi connectivity index (χ2v) is 4.61. The zero-order chi connectivity index (χ0) is 11.1. The van der Waals surface area contributed by atoms with Gasteiger partial charge in [-0.05, 0) is 12.8 Å². The molecular formula is C11H16N2O3. The first kappa shape index (κ1) is 10.1. The van der Waals surface area contributed by atoms with Crippen molar-refractivity contribution in [2.24, 2.45) is 0 Å². The molecule has 88 valence electrons. The lowest BCUT2D eigenvalue weighted by molar-refractivity contribution is -0.118. The summed E-state index contributed by atoms with van der Waals surface area (Å²) in [6.07, 6.45) is 6.83. The van der Waals surface area contributed by atoms with Crippen LogP contribution >= 0.6 is 0 Å². The van der Waals surface area contributed by atoms with Crippen LogP contribution in [0.1, 0.15) is 19.3 Å². The van der Waals surface area contributed by atoms with Gasteiger partial charge in [0.15, 0.2) is 0 Å². The molecule has 16 heavy (non-hydrogen) atoms. The minimum atomic E-state index is -0.0894. The highest BCUT2D eigenvalue weighted by Crippen LogP contribution is 2.31. The number of urea groups is 1. The maximum atomic E-state index is 12.2. The van der Waals surface area contributed by atoms with E-state index in [9.17, 15) is 9.90 Å². The van der Waals surface area contributed by atoms with Crippen LogP contribution in [0.15, 0.2) is 12.2 Å². The lowest BCUT2D eigenvalue weighted by atomic mass is 10.2. The Balaban J connectivity index is 1.71. The van der Waals surface area contributed by atoms with E-state index in [-0.39, 0.29) is 30.8 Å².